The fourth-order valence-electron chi connectivity index (χ4n) is 2.43. The molecule has 1 aliphatic heterocycles. The highest BCUT2D eigenvalue weighted by molar-refractivity contribution is 7.99. The molecule has 2 amide bonds. The number of alkyl halides is 2. The Morgan fingerprint density at radius 1 is 1.41 bits per heavy atom. The van der Waals surface area contributed by atoms with Crippen molar-refractivity contribution in [2.75, 3.05) is 19.6 Å². The van der Waals surface area contributed by atoms with Crippen LogP contribution in [0, 0.1) is 0 Å². The first kappa shape index (κ1) is 17.0. The Labute approximate surface area is 133 Å². The lowest BCUT2D eigenvalue weighted by Crippen LogP contribution is -2.40. The number of nitrogens with zero attached hydrogens (tertiary/aromatic N) is 1. The average molecular weight is 329 g/mol. The first-order chi connectivity index (χ1) is 10.6. The molecule has 1 saturated heterocycles. The van der Waals surface area contributed by atoms with Gasteiger partial charge in [0.2, 0.25) is 0 Å². The largest absolute Gasteiger partial charge is 0.338 e. The Morgan fingerprint density at radius 3 is 2.77 bits per heavy atom. The minimum absolute atomic E-state index is 0.0137. The smallest absolute Gasteiger partial charge is 0.317 e. The molecule has 0 unspecified atom stereocenters. The topological polar surface area (TPSA) is 44.4 Å². The van der Waals surface area contributed by atoms with Gasteiger partial charge < -0.3 is 15.5 Å². The van der Waals surface area contributed by atoms with E-state index in [1.807, 2.05) is 24.0 Å². The van der Waals surface area contributed by atoms with E-state index < -0.39 is 5.76 Å². The summed E-state index contributed by atoms with van der Waals surface area (Å²) in [5.74, 6) is -2.39. The molecule has 1 aromatic rings. The van der Waals surface area contributed by atoms with Gasteiger partial charge in [-0.05, 0) is 31.0 Å². The van der Waals surface area contributed by atoms with Crippen LogP contribution in [0.15, 0.2) is 29.2 Å². The zero-order chi connectivity index (χ0) is 15.9. The van der Waals surface area contributed by atoms with E-state index in [-0.39, 0.29) is 12.1 Å². The van der Waals surface area contributed by atoms with Gasteiger partial charge >= 0.3 is 6.03 Å². The van der Waals surface area contributed by atoms with E-state index in [4.69, 9.17) is 0 Å². The lowest BCUT2D eigenvalue weighted by molar-refractivity contribution is 0.208. The van der Waals surface area contributed by atoms with E-state index in [2.05, 4.69) is 10.6 Å². The summed E-state index contributed by atoms with van der Waals surface area (Å²) in [6, 6.07) is 7.40. The Bertz CT molecular complexity index is 484. The molecule has 1 aromatic carbocycles. The first-order valence-corrected chi connectivity index (χ1v) is 8.26. The van der Waals surface area contributed by atoms with Gasteiger partial charge in [-0.3, -0.25) is 0 Å². The van der Waals surface area contributed by atoms with Crippen molar-refractivity contribution < 1.29 is 13.6 Å². The number of hydrogen-bond donors (Lipinski definition) is 2. The number of likely N-dealkylation sites (tertiary alicyclic amines) is 1. The molecule has 4 nitrogen and oxygen atoms in total. The molecule has 0 radical (unpaired) electrons. The molecule has 1 aliphatic rings. The molecule has 2 rings (SSSR count). The summed E-state index contributed by atoms with van der Waals surface area (Å²) >= 11 is 0.554. The van der Waals surface area contributed by atoms with Gasteiger partial charge in [-0.25, -0.2) is 4.79 Å². The highest BCUT2D eigenvalue weighted by Gasteiger charge is 2.25. The standard InChI is InChI=1S/C15H21F2N3OS/c1-2-18-15(21)20-8-7-12(10-20)19-9-11-3-5-13(6-4-11)22-14(16)17/h3-6,12,14,19H,2,7-10H2,1H3,(H,18,21)/t12-/m0/s1. The molecule has 0 spiro atoms. The number of thioether (sulfide) groups is 1. The van der Waals surface area contributed by atoms with Gasteiger partial charge in [0.1, 0.15) is 0 Å². The molecule has 1 heterocycles. The van der Waals surface area contributed by atoms with Crippen molar-refractivity contribution in [2.24, 2.45) is 0 Å². The number of halogens is 2. The Kier molecular flexibility index (Phi) is 6.45. The maximum atomic E-state index is 12.2. The van der Waals surface area contributed by atoms with E-state index in [1.54, 1.807) is 12.1 Å². The lowest BCUT2D eigenvalue weighted by atomic mass is 10.2. The minimum atomic E-state index is -2.39. The van der Waals surface area contributed by atoms with Crippen LogP contribution in [0.3, 0.4) is 0 Å². The fourth-order valence-corrected chi connectivity index (χ4v) is 2.92. The van der Waals surface area contributed by atoms with Crippen molar-refractivity contribution in [1.29, 1.82) is 0 Å². The van der Waals surface area contributed by atoms with E-state index >= 15 is 0 Å². The number of hydrogen-bond acceptors (Lipinski definition) is 3. The van der Waals surface area contributed by atoms with Crippen molar-refractivity contribution in [2.45, 2.75) is 36.6 Å². The highest BCUT2D eigenvalue weighted by Crippen LogP contribution is 2.25. The normalized spacial score (nSPS) is 18.0. The zero-order valence-electron chi connectivity index (χ0n) is 12.5. The summed E-state index contributed by atoms with van der Waals surface area (Å²) in [5.41, 5.74) is 1.05. The van der Waals surface area contributed by atoms with Gasteiger partial charge in [0.15, 0.2) is 0 Å². The second kappa shape index (κ2) is 8.33. The summed E-state index contributed by atoms with van der Waals surface area (Å²) in [6.07, 6.45) is 0.927. The van der Waals surface area contributed by atoms with Crippen LogP contribution >= 0.6 is 11.8 Å². The van der Waals surface area contributed by atoms with Crippen molar-refractivity contribution in [3.8, 4) is 0 Å². The molecule has 7 heteroatoms. The predicted molar refractivity (Wildman–Crippen MR) is 84.2 cm³/mol. The van der Waals surface area contributed by atoms with Crippen LogP contribution in [0.2, 0.25) is 0 Å². The van der Waals surface area contributed by atoms with Gasteiger partial charge in [0, 0.05) is 37.1 Å². The molecule has 1 fully saturated rings. The molecule has 2 N–H and O–H groups in total. The predicted octanol–water partition coefficient (Wildman–Crippen LogP) is 2.89. The van der Waals surface area contributed by atoms with Crippen molar-refractivity contribution >= 4 is 17.8 Å². The first-order valence-electron chi connectivity index (χ1n) is 7.38. The summed E-state index contributed by atoms with van der Waals surface area (Å²) in [6.45, 7) is 4.67. The summed E-state index contributed by atoms with van der Waals surface area (Å²) in [7, 11) is 0. The van der Waals surface area contributed by atoms with E-state index in [9.17, 15) is 13.6 Å². The molecule has 0 saturated carbocycles. The highest BCUT2D eigenvalue weighted by atomic mass is 32.2. The van der Waals surface area contributed by atoms with Gasteiger partial charge in [-0.1, -0.05) is 23.9 Å². The maximum absolute atomic E-state index is 12.2. The second-order valence-corrected chi connectivity index (χ2v) is 6.23. The minimum Gasteiger partial charge on any atom is -0.338 e. The SMILES string of the molecule is CCNC(=O)N1CC[C@H](NCc2ccc(SC(F)F)cc2)C1. The van der Waals surface area contributed by atoms with Crippen LogP contribution in [0.4, 0.5) is 13.6 Å². The van der Waals surface area contributed by atoms with Crippen LogP contribution < -0.4 is 10.6 Å². The molecule has 0 aliphatic carbocycles. The lowest BCUT2D eigenvalue weighted by Gasteiger charge is -2.17. The van der Waals surface area contributed by atoms with Crippen molar-refractivity contribution in [3.05, 3.63) is 29.8 Å². The second-order valence-electron chi connectivity index (χ2n) is 5.17. The van der Waals surface area contributed by atoms with Crippen LogP contribution in [0.5, 0.6) is 0 Å². The van der Waals surface area contributed by atoms with Gasteiger partial charge in [-0.2, -0.15) is 8.78 Å². The molecule has 122 valence electrons. The van der Waals surface area contributed by atoms with Crippen molar-refractivity contribution in [1.82, 2.24) is 15.5 Å². The van der Waals surface area contributed by atoms with E-state index in [0.717, 1.165) is 18.5 Å². The number of rotatable bonds is 6. The number of amides is 2. The van der Waals surface area contributed by atoms with Gasteiger partial charge in [-0.15, -0.1) is 0 Å². The third-order valence-electron chi connectivity index (χ3n) is 3.55. The van der Waals surface area contributed by atoms with Crippen LogP contribution in [0.1, 0.15) is 18.9 Å². The molecular weight excluding hydrogens is 308 g/mol. The third-order valence-corrected chi connectivity index (χ3v) is 4.27. The van der Waals surface area contributed by atoms with Crippen molar-refractivity contribution in [3.63, 3.8) is 0 Å². The number of urea groups is 1. The van der Waals surface area contributed by atoms with Gasteiger partial charge in [0.05, 0.1) is 0 Å². The van der Waals surface area contributed by atoms with E-state index in [0.29, 0.717) is 36.3 Å². The fraction of sp³-hybridized carbons (Fsp3) is 0.533. The zero-order valence-corrected chi connectivity index (χ0v) is 13.3. The number of carbonyl (C=O) groups is 1. The van der Waals surface area contributed by atoms with E-state index in [1.165, 1.54) is 0 Å². The Morgan fingerprint density at radius 2 is 2.14 bits per heavy atom. The quantitative estimate of drug-likeness (QED) is 0.789. The number of benzene rings is 1. The molecule has 0 bridgehead atoms. The summed E-state index contributed by atoms with van der Waals surface area (Å²) < 4.78 is 24.5. The number of nitrogens with one attached hydrogen (secondary N) is 2. The molecule has 0 aromatic heterocycles. The third kappa shape index (κ3) is 5.14. The monoisotopic (exact) mass is 329 g/mol. The summed E-state index contributed by atoms with van der Waals surface area (Å²) in [4.78, 5) is 14.1. The van der Waals surface area contributed by atoms with Crippen LogP contribution in [-0.4, -0.2) is 42.4 Å². The maximum Gasteiger partial charge on any atom is 0.317 e. The van der Waals surface area contributed by atoms with Crippen LogP contribution in [0.25, 0.3) is 0 Å². The number of carbonyl (C=O) groups excluding carboxylic acids is 1. The molecular formula is C15H21F2N3OS. The molecule has 1 atom stereocenters. The molecule has 22 heavy (non-hydrogen) atoms. The summed E-state index contributed by atoms with van der Waals surface area (Å²) in [5, 5.41) is 6.21. The van der Waals surface area contributed by atoms with Gasteiger partial charge in [0.25, 0.3) is 5.76 Å². The average Bonchev–Trinajstić information content (AvgIpc) is 2.95. The Hall–Kier alpha value is -1.34. The Balaban J connectivity index is 1.75. The van der Waals surface area contributed by atoms with Crippen LogP contribution in [-0.2, 0) is 6.54 Å².